The van der Waals surface area contributed by atoms with Gasteiger partial charge in [-0.05, 0) is 14.1 Å². The highest BCUT2D eigenvalue weighted by Crippen LogP contribution is 2.42. The summed E-state index contributed by atoms with van der Waals surface area (Å²) < 4.78 is 36.6. The lowest BCUT2D eigenvalue weighted by Crippen LogP contribution is -2.07. The molecule has 1 unspecified atom stereocenters. The van der Waals surface area contributed by atoms with Gasteiger partial charge in [-0.15, -0.1) is 0 Å². The van der Waals surface area contributed by atoms with Gasteiger partial charge >= 0.3 is 7.60 Å². The van der Waals surface area contributed by atoms with Gasteiger partial charge in [0.15, 0.2) is 0 Å². The third kappa shape index (κ3) is 9.24. The molecule has 0 saturated carbocycles. The first-order valence-corrected chi connectivity index (χ1v) is 8.14. The Bertz CT molecular complexity index is 248. The second kappa shape index (κ2) is 7.55. The molecule has 0 aromatic carbocycles. The van der Waals surface area contributed by atoms with E-state index in [2.05, 4.69) is 13.6 Å². The van der Waals surface area contributed by atoms with E-state index in [1.165, 1.54) is 28.0 Å². The summed E-state index contributed by atoms with van der Waals surface area (Å²) in [6.07, 6.45) is 0. The monoisotopic (exact) mass is 261 g/mol. The SMILES string of the molecule is COP(C)(=O)N(C)C.COP(C)(=O)OC. The molecule has 1 atom stereocenters. The van der Waals surface area contributed by atoms with Crippen LogP contribution in [0.4, 0.5) is 0 Å². The summed E-state index contributed by atoms with van der Waals surface area (Å²) in [7, 11) is 2.53. The molecular formula is C7H21NO5P2. The molecule has 6 nitrogen and oxygen atoms in total. The molecule has 0 fully saturated rings. The van der Waals surface area contributed by atoms with E-state index in [0.717, 1.165) is 0 Å². The number of nitrogens with zero attached hydrogens (tertiary/aromatic N) is 1. The van der Waals surface area contributed by atoms with Crippen LogP contribution in [0.1, 0.15) is 0 Å². The first-order valence-electron chi connectivity index (χ1n) is 4.13. The molecule has 0 radical (unpaired) electrons. The Hall–Kier alpha value is 0.300. The Morgan fingerprint density at radius 3 is 1.20 bits per heavy atom. The van der Waals surface area contributed by atoms with E-state index in [9.17, 15) is 9.13 Å². The van der Waals surface area contributed by atoms with Crippen molar-refractivity contribution in [3.63, 3.8) is 0 Å². The maximum absolute atomic E-state index is 11.0. The van der Waals surface area contributed by atoms with E-state index in [1.54, 1.807) is 25.4 Å². The van der Waals surface area contributed by atoms with Crippen LogP contribution in [-0.4, -0.2) is 53.4 Å². The lowest BCUT2D eigenvalue weighted by Gasteiger charge is -2.17. The number of rotatable bonds is 4. The Morgan fingerprint density at radius 2 is 1.20 bits per heavy atom. The maximum atomic E-state index is 11.0. The van der Waals surface area contributed by atoms with Crippen LogP contribution in [0.5, 0.6) is 0 Å². The highest BCUT2D eigenvalue weighted by molar-refractivity contribution is 7.55. The minimum absolute atomic E-state index is 1.35. The topological polar surface area (TPSA) is 65.1 Å². The second-order valence-electron chi connectivity index (χ2n) is 2.97. The summed E-state index contributed by atoms with van der Waals surface area (Å²) in [6.45, 7) is 2.99. The van der Waals surface area contributed by atoms with Gasteiger partial charge < -0.3 is 13.6 Å². The zero-order valence-electron chi connectivity index (χ0n) is 10.4. The van der Waals surface area contributed by atoms with Gasteiger partial charge in [0.25, 0.3) is 7.52 Å². The van der Waals surface area contributed by atoms with Crippen LogP contribution in [0.3, 0.4) is 0 Å². The van der Waals surface area contributed by atoms with E-state index >= 15 is 0 Å². The van der Waals surface area contributed by atoms with E-state index < -0.39 is 15.1 Å². The summed E-state index contributed by atoms with van der Waals surface area (Å²) in [4.78, 5) is 0. The summed E-state index contributed by atoms with van der Waals surface area (Å²) in [5, 5.41) is 0. The summed E-state index contributed by atoms with van der Waals surface area (Å²) >= 11 is 0. The highest BCUT2D eigenvalue weighted by atomic mass is 31.2. The van der Waals surface area contributed by atoms with Gasteiger partial charge in [-0.2, -0.15) is 0 Å². The molecule has 8 heteroatoms. The van der Waals surface area contributed by atoms with Crippen LogP contribution < -0.4 is 0 Å². The predicted octanol–water partition coefficient (Wildman–Crippen LogP) is 2.12. The van der Waals surface area contributed by atoms with Crippen LogP contribution in [0.2, 0.25) is 0 Å². The molecule has 0 heterocycles. The summed E-state index contributed by atoms with van der Waals surface area (Å²) in [5.74, 6) is 0. The fourth-order valence-corrected chi connectivity index (χ4v) is 0.714. The van der Waals surface area contributed by atoms with Gasteiger partial charge in [0.2, 0.25) is 0 Å². The van der Waals surface area contributed by atoms with Gasteiger partial charge in [0.05, 0.1) is 0 Å². The zero-order valence-corrected chi connectivity index (χ0v) is 12.2. The van der Waals surface area contributed by atoms with Crippen LogP contribution in [0.25, 0.3) is 0 Å². The lowest BCUT2D eigenvalue weighted by atomic mass is 11.3. The first-order chi connectivity index (χ1) is 6.63. The van der Waals surface area contributed by atoms with Gasteiger partial charge in [-0.1, -0.05) is 0 Å². The molecule has 0 aliphatic rings. The summed E-state index contributed by atoms with van der Waals surface area (Å²) in [5.41, 5.74) is 0. The van der Waals surface area contributed by atoms with Crippen molar-refractivity contribution in [2.75, 3.05) is 48.8 Å². The van der Waals surface area contributed by atoms with Crippen molar-refractivity contribution in [3.8, 4) is 0 Å². The molecule has 94 valence electrons. The van der Waals surface area contributed by atoms with Crippen molar-refractivity contribution >= 4 is 15.1 Å². The minimum Gasteiger partial charge on any atom is -0.321 e. The normalized spacial score (nSPS) is 15.5. The zero-order chi connectivity index (χ0) is 12.7. The third-order valence-electron chi connectivity index (χ3n) is 1.73. The van der Waals surface area contributed by atoms with Gasteiger partial charge in [-0.3, -0.25) is 9.13 Å². The van der Waals surface area contributed by atoms with Crippen molar-refractivity contribution in [3.05, 3.63) is 0 Å². The molecule has 0 saturated heterocycles. The van der Waals surface area contributed by atoms with Crippen molar-refractivity contribution < 1.29 is 22.7 Å². The number of hydrogen-bond acceptors (Lipinski definition) is 5. The molecule has 0 amide bonds. The standard InChI is InChI=1S/C4H12NO2P.C3H9O3P/c1-5(2)8(4,6)7-3;1-5-7(3,4)6-2/h1-4H3;1-3H3. The van der Waals surface area contributed by atoms with E-state index in [-0.39, 0.29) is 0 Å². The quantitative estimate of drug-likeness (QED) is 0.722. The molecule has 0 spiro atoms. The molecular weight excluding hydrogens is 240 g/mol. The molecule has 0 aromatic rings. The fraction of sp³-hybridized carbons (Fsp3) is 1.00. The Kier molecular flexibility index (Phi) is 8.91. The molecule has 0 aliphatic carbocycles. The van der Waals surface area contributed by atoms with Crippen molar-refractivity contribution in [2.45, 2.75) is 0 Å². The van der Waals surface area contributed by atoms with Gasteiger partial charge in [0, 0.05) is 34.7 Å². The van der Waals surface area contributed by atoms with E-state index in [1.807, 2.05) is 0 Å². The molecule has 0 bridgehead atoms. The van der Waals surface area contributed by atoms with E-state index in [0.29, 0.717) is 0 Å². The first kappa shape index (κ1) is 17.7. The number of hydrogen-bond donors (Lipinski definition) is 0. The Balaban J connectivity index is 0. The molecule has 15 heavy (non-hydrogen) atoms. The Labute approximate surface area is 91.9 Å². The minimum atomic E-state index is -2.65. The van der Waals surface area contributed by atoms with Crippen LogP contribution in [0.15, 0.2) is 0 Å². The molecule has 0 aliphatic heterocycles. The van der Waals surface area contributed by atoms with Crippen LogP contribution in [0, 0.1) is 0 Å². The second-order valence-corrected chi connectivity index (χ2v) is 8.01. The average Bonchev–Trinajstić information content (AvgIpc) is 2.18. The molecule has 0 N–H and O–H groups in total. The van der Waals surface area contributed by atoms with Crippen molar-refractivity contribution in [2.24, 2.45) is 0 Å². The fourth-order valence-electron chi connectivity index (χ4n) is 0.238. The Morgan fingerprint density at radius 1 is 0.867 bits per heavy atom. The predicted molar refractivity (Wildman–Crippen MR) is 61.8 cm³/mol. The molecule has 0 rings (SSSR count). The maximum Gasteiger partial charge on any atom is 0.327 e. The van der Waals surface area contributed by atoms with Gasteiger partial charge in [0.1, 0.15) is 0 Å². The highest BCUT2D eigenvalue weighted by Gasteiger charge is 2.15. The smallest absolute Gasteiger partial charge is 0.321 e. The lowest BCUT2D eigenvalue weighted by molar-refractivity contribution is 0.282. The third-order valence-corrected chi connectivity index (χ3v) is 5.19. The van der Waals surface area contributed by atoms with E-state index in [4.69, 9.17) is 0 Å². The van der Waals surface area contributed by atoms with Gasteiger partial charge in [-0.25, -0.2) is 4.67 Å². The molecule has 0 aromatic heterocycles. The average molecular weight is 261 g/mol. The van der Waals surface area contributed by atoms with Crippen molar-refractivity contribution in [1.29, 1.82) is 0 Å². The van der Waals surface area contributed by atoms with Crippen LogP contribution in [-0.2, 0) is 22.7 Å². The largest absolute Gasteiger partial charge is 0.327 e. The van der Waals surface area contributed by atoms with Crippen molar-refractivity contribution in [1.82, 2.24) is 4.67 Å². The van der Waals surface area contributed by atoms with Crippen LogP contribution >= 0.6 is 15.1 Å². The summed E-state index contributed by atoms with van der Waals surface area (Å²) in [6, 6.07) is 0.